The molecule has 0 aliphatic heterocycles. The number of carbonyl (C=O) groups excluding carboxylic acids is 1. The van der Waals surface area contributed by atoms with Gasteiger partial charge in [-0.1, -0.05) is 6.07 Å². The number of rotatable bonds is 10. The van der Waals surface area contributed by atoms with Crippen LogP contribution >= 0.6 is 0 Å². The number of hydrogen-bond donors (Lipinski definition) is 1. The molecule has 1 N–H and O–H groups in total. The fourth-order valence-corrected chi connectivity index (χ4v) is 2.62. The fourth-order valence-electron chi connectivity index (χ4n) is 2.62. The SMILES string of the molecule is CCOc1ccc(/C=C/C(=O)NCC(c2ccco2)N(C)C)cc1OCC. The Kier molecular flexibility index (Phi) is 7.95. The molecule has 0 spiro atoms. The number of benzene rings is 1. The first-order valence-corrected chi connectivity index (χ1v) is 9.10. The third-order valence-electron chi connectivity index (χ3n) is 3.96. The van der Waals surface area contributed by atoms with Gasteiger partial charge in [0.05, 0.1) is 25.5 Å². The highest BCUT2D eigenvalue weighted by Gasteiger charge is 2.17. The zero-order chi connectivity index (χ0) is 19.6. The van der Waals surface area contributed by atoms with Gasteiger partial charge in [-0.15, -0.1) is 0 Å². The Hall–Kier alpha value is -2.73. The second-order valence-corrected chi connectivity index (χ2v) is 6.15. The maximum absolute atomic E-state index is 12.2. The molecule has 2 aromatic rings. The summed E-state index contributed by atoms with van der Waals surface area (Å²) in [6, 6.07) is 9.34. The number of carbonyl (C=O) groups is 1. The molecule has 0 bridgehead atoms. The number of amides is 1. The van der Waals surface area contributed by atoms with Crippen molar-refractivity contribution in [3.05, 3.63) is 54.0 Å². The van der Waals surface area contributed by atoms with Crippen molar-refractivity contribution in [3.8, 4) is 11.5 Å². The molecule has 1 atom stereocenters. The summed E-state index contributed by atoms with van der Waals surface area (Å²) in [4.78, 5) is 14.2. The first-order chi connectivity index (χ1) is 13.0. The molecule has 1 aromatic heterocycles. The highest BCUT2D eigenvalue weighted by molar-refractivity contribution is 5.91. The quantitative estimate of drug-likeness (QED) is 0.647. The van der Waals surface area contributed by atoms with Crippen LogP contribution in [0.15, 0.2) is 47.1 Å². The molecule has 6 heteroatoms. The van der Waals surface area contributed by atoms with Gasteiger partial charge in [-0.05, 0) is 63.8 Å². The molecule has 146 valence electrons. The standard InChI is InChI=1S/C21H28N2O4/c1-5-25-19-11-9-16(14-20(19)26-6-2)10-12-21(24)22-15-17(23(3)4)18-8-7-13-27-18/h7-14,17H,5-6,15H2,1-4H3,(H,22,24)/b12-10+. The van der Waals surface area contributed by atoms with E-state index < -0.39 is 0 Å². The van der Waals surface area contributed by atoms with Crippen LogP contribution in [0.1, 0.15) is 31.2 Å². The molecule has 0 fully saturated rings. The van der Waals surface area contributed by atoms with Gasteiger partial charge in [0.2, 0.25) is 5.91 Å². The maximum Gasteiger partial charge on any atom is 0.244 e. The molecule has 1 unspecified atom stereocenters. The lowest BCUT2D eigenvalue weighted by atomic mass is 10.1. The Morgan fingerprint density at radius 1 is 1.19 bits per heavy atom. The minimum atomic E-state index is -0.166. The van der Waals surface area contributed by atoms with Gasteiger partial charge in [0, 0.05) is 12.6 Å². The Morgan fingerprint density at radius 2 is 1.93 bits per heavy atom. The highest BCUT2D eigenvalue weighted by Crippen LogP contribution is 2.29. The lowest BCUT2D eigenvalue weighted by molar-refractivity contribution is -0.116. The Bertz CT molecular complexity index is 739. The summed E-state index contributed by atoms with van der Waals surface area (Å²) in [6.45, 7) is 5.42. The van der Waals surface area contributed by atoms with Crippen molar-refractivity contribution in [1.82, 2.24) is 10.2 Å². The molecule has 6 nitrogen and oxygen atoms in total. The second kappa shape index (κ2) is 10.4. The van der Waals surface area contributed by atoms with Crippen LogP contribution in [0.2, 0.25) is 0 Å². The molecule has 0 aliphatic rings. The number of likely N-dealkylation sites (N-methyl/N-ethyl adjacent to an activating group) is 1. The van der Waals surface area contributed by atoms with Crippen LogP contribution in [-0.4, -0.2) is 44.7 Å². The van der Waals surface area contributed by atoms with E-state index in [9.17, 15) is 4.79 Å². The maximum atomic E-state index is 12.2. The van der Waals surface area contributed by atoms with Crippen LogP contribution in [0.3, 0.4) is 0 Å². The lowest BCUT2D eigenvalue weighted by Gasteiger charge is -2.22. The minimum Gasteiger partial charge on any atom is -0.490 e. The molecule has 0 radical (unpaired) electrons. The van der Waals surface area contributed by atoms with E-state index in [2.05, 4.69) is 5.32 Å². The third kappa shape index (κ3) is 6.18. The smallest absolute Gasteiger partial charge is 0.244 e. The molecule has 27 heavy (non-hydrogen) atoms. The second-order valence-electron chi connectivity index (χ2n) is 6.15. The first kappa shape index (κ1) is 20.6. The molecular weight excluding hydrogens is 344 g/mol. The summed E-state index contributed by atoms with van der Waals surface area (Å²) in [6.07, 6.45) is 4.90. The van der Waals surface area contributed by atoms with Crippen molar-refractivity contribution >= 4 is 12.0 Å². The summed E-state index contributed by atoms with van der Waals surface area (Å²) < 4.78 is 16.6. The topological polar surface area (TPSA) is 63.9 Å². The van der Waals surface area contributed by atoms with Gasteiger partial charge in [-0.2, -0.15) is 0 Å². The zero-order valence-electron chi connectivity index (χ0n) is 16.4. The number of nitrogens with one attached hydrogen (secondary N) is 1. The minimum absolute atomic E-state index is 0.0209. The van der Waals surface area contributed by atoms with Crippen molar-refractivity contribution < 1.29 is 18.7 Å². The first-order valence-electron chi connectivity index (χ1n) is 9.10. The van der Waals surface area contributed by atoms with Gasteiger partial charge in [-0.25, -0.2) is 0 Å². The van der Waals surface area contributed by atoms with Crippen LogP contribution in [0.5, 0.6) is 11.5 Å². The van der Waals surface area contributed by atoms with Gasteiger partial charge in [0.15, 0.2) is 11.5 Å². The van der Waals surface area contributed by atoms with Gasteiger partial charge in [0.1, 0.15) is 5.76 Å². The van der Waals surface area contributed by atoms with Gasteiger partial charge in [0.25, 0.3) is 0 Å². The Morgan fingerprint density at radius 3 is 2.56 bits per heavy atom. The molecular formula is C21H28N2O4. The monoisotopic (exact) mass is 372 g/mol. The number of furan rings is 1. The lowest BCUT2D eigenvalue weighted by Crippen LogP contribution is -2.33. The van der Waals surface area contributed by atoms with Crippen LogP contribution in [0, 0.1) is 0 Å². The van der Waals surface area contributed by atoms with Crippen molar-refractivity contribution in [2.75, 3.05) is 33.9 Å². The number of nitrogens with zero attached hydrogens (tertiary/aromatic N) is 1. The van der Waals surface area contributed by atoms with Gasteiger partial charge < -0.3 is 19.2 Å². The average Bonchev–Trinajstić information content (AvgIpc) is 3.16. The van der Waals surface area contributed by atoms with Crippen LogP contribution in [0.4, 0.5) is 0 Å². The normalized spacial score (nSPS) is 12.3. The summed E-state index contributed by atoms with van der Waals surface area (Å²) >= 11 is 0. The third-order valence-corrected chi connectivity index (χ3v) is 3.96. The van der Waals surface area contributed by atoms with E-state index in [1.54, 1.807) is 12.3 Å². The fraction of sp³-hybridized carbons (Fsp3) is 0.381. The summed E-state index contributed by atoms with van der Waals surface area (Å²) in [5, 5.41) is 2.91. The predicted octanol–water partition coefficient (Wildman–Crippen LogP) is 3.51. The molecule has 0 aliphatic carbocycles. The van der Waals surface area contributed by atoms with Crippen LogP contribution in [0.25, 0.3) is 6.08 Å². The molecule has 1 amide bonds. The summed E-state index contributed by atoms with van der Waals surface area (Å²) in [5.74, 6) is 2.03. The highest BCUT2D eigenvalue weighted by atomic mass is 16.5. The van der Waals surface area contributed by atoms with Crippen LogP contribution in [-0.2, 0) is 4.79 Å². The Balaban J connectivity index is 1.98. The van der Waals surface area contributed by atoms with Crippen molar-refractivity contribution in [3.63, 3.8) is 0 Å². The van der Waals surface area contributed by atoms with Crippen molar-refractivity contribution in [1.29, 1.82) is 0 Å². The summed E-state index contributed by atoms with van der Waals surface area (Å²) in [7, 11) is 3.90. The number of hydrogen-bond acceptors (Lipinski definition) is 5. The average molecular weight is 372 g/mol. The van der Waals surface area contributed by atoms with Crippen molar-refractivity contribution in [2.24, 2.45) is 0 Å². The molecule has 1 heterocycles. The van der Waals surface area contributed by atoms with E-state index in [1.165, 1.54) is 6.08 Å². The van der Waals surface area contributed by atoms with Crippen LogP contribution < -0.4 is 14.8 Å². The Labute approximate surface area is 160 Å². The molecule has 0 saturated carbocycles. The van der Waals surface area contributed by atoms with E-state index >= 15 is 0 Å². The van der Waals surface area contributed by atoms with E-state index in [4.69, 9.17) is 13.9 Å². The van der Waals surface area contributed by atoms with E-state index in [0.29, 0.717) is 31.3 Å². The summed E-state index contributed by atoms with van der Waals surface area (Å²) in [5.41, 5.74) is 0.868. The van der Waals surface area contributed by atoms with E-state index in [1.807, 2.05) is 63.2 Å². The van der Waals surface area contributed by atoms with E-state index in [0.717, 1.165) is 11.3 Å². The van der Waals surface area contributed by atoms with Gasteiger partial charge in [-0.3, -0.25) is 9.69 Å². The van der Waals surface area contributed by atoms with E-state index in [-0.39, 0.29) is 11.9 Å². The number of ether oxygens (including phenoxy) is 2. The van der Waals surface area contributed by atoms with Crippen molar-refractivity contribution in [2.45, 2.75) is 19.9 Å². The molecule has 2 rings (SSSR count). The zero-order valence-corrected chi connectivity index (χ0v) is 16.4. The largest absolute Gasteiger partial charge is 0.490 e. The molecule has 0 saturated heterocycles. The predicted molar refractivity (Wildman–Crippen MR) is 106 cm³/mol. The molecule has 1 aromatic carbocycles. The van der Waals surface area contributed by atoms with Gasteiger partial charge >= 0.3 is 0 Å².